The zero-order valence-electron chi connectivity index (χ0n) is 12.1. The van der Waals surface area contributed by atoms with Gasteiger partial charge in [-0.25, -0.2) is 12.7 Å². The molecule has 0 aliphatic carbocycles. The number of rotatable bonds is 8. The Morgan fingerprint density at radius 3 is 2.68 bits per heavy atom. The van der Waals surface area contributed by atoms with E-state index in [1.807, 2.05) is 6.92 Å². The summed E-state index contributed by atoms with van der Waals surface area (Å²) in [5.74, 6) is 0.375. The van der Waals surface area contributed by atoms with E-state index in [-0.39, 0.29) is 0 Å². The third-order valence-electron chi connectivity index (χ3n) is 3.15. The number of sulfonamides is 1. The second-order valence-electron chi connectivity index (χ2n) is 4.83. The van der Waals surface area contributed by atoms with Gasteiger partial charge in [0.15, 0.2) is 0 Å². The maximum Gasteiger partial charge on any atom is 0.243 e. The Hall–Kier alpha value is -0.430. The van der Waals surface area contributed by atoms with Gasteiger partial charge in [0, 0.05) is 30.4 Å². The highest BCUT2D eigenvalue weighted by molar-refractivity contribution is 7.89. The van der Waals surface area contributed by atoms with Crippen LogP contribution in [0, 0.1) is 5.92 Å². The highest BCUT2D eigenvalue weighted by Crippen LogP contribution is 2.22. The van der Waals surface area contributed by atoms with E-state index in [0.29, 0.717) is 17.4 Å². The minimum Gasteiger partial charge on any atom is -0.312 e. The maximum atomic E-state index is 12.4. The van der Waals surface area contributed by atoms with Gasteiger partial charge in [-0.15, -0.1) is 11.3 Å². The quantitative estimate of drug-likeness (QED) is 0.803. The Labute approximate surface area is 120 Å². The smallest absolute Gasteiger partial charge is 0.243 e. The first-order valence-electron chi connectivity index (χ1n) is 6.66. The topological polar surface area (TPSA) is 49.4 Å². The molecule has 0 aromatic carbocycles. The van der Waals surface area contributed by atoms with E-state index in [0.717, 1.165) is 24.4 Å². The summed E-state index contributed by atoms with van der Waals surface area (Å²) in [6.07, 6.45) is 0.981. The number of hydrogen-bond acceptors (Lipinski definition) is 4. The lowest BCUT2D eigenvalue weighted by Crippen LogP contribution is -2.30. The van der Waals surface area contributed by atoms with Gasteiger partial charge in [-0.3, -0.25) is 0 Å². The zero-order valence-corrected chi connectivity index (χ0v) is 13.8. The predicted octanol–water partition coefficient (Wildman–Crippen LogP) is 2.52. The lowest BCUT2D eigenvalue weighted by molar-refractivity contribution is 0.394. The van der Waals surface area contributed by atoms with Gasteiger partial charge < -0.3 is 5.32 Å². The lowest BCUT2D eigenvalue weighted by atomic mass is 10.1. The molecule has 0 amide bonds. The van der Waals surface area contributed by atoms with Gasteiger partial charge >= 0.3 is 0 Å². The van der Waals surface area contributed by atoms with Gasteiger partial charge in [0.25, 0.3) is 0 Å². The van der Waals surface area contributed by atoms with E-state index in [9.17, 15) is 8.42 Å². The standard InChI is InChI=1S/C13H24N2O2S2/c1-5-11(3)9-15(4)19(16,17)13-7-12(18-10-13)8-14-6-2/h7,10-11,14H,5-6,8-9H2,1-4H3. The first-order valence-corrected chi connectivity index (χ1v) is 8.98. The second kappa shape index (κ2) is 7.38. The molecule has 0 radical (unpaired) electrons. The molecule has 19 heavy (non-hydrogen) atoms. The first-order chi connectivity index (χ1) is 8.91. The van der Waals surface area contributed by atoms with Crippen LogP contribution in [-0.2, 0) is 16.6 Å². The third kappa shape index (κ3) is 4.56. The molecular weight excluding hydrogens is 280 g/mol. The van der Waals surface area contributed by atoms with E-state index in [1.54, 1.807) is 18.5 Å². The Morgan fingerprint density at radius 2 is 2.11 bits per heavy atom. The summed E-state index contributed by atoms with van der Waals surface area (Å²) in [6.45, 7) is 8.35. The Morgan fingerprint density at radius 1 is 1.42 bits per heavy atom. The Kier molecular flexibility index (Phi) is 6.46. The molecule has 0 saturated carbocycles. The van der Waals surface area contributed by atoms with Crippen molar-refractivity contribution in [1.29, 1.82) is 0 Å². The molecule has 0 aliphatic heterocycles. The van der Waals surface area contributed by atoms with Crippen molar-refractivity contribution in [1.82, 2.24) is 9.62 Å². The molecule has 6 heteroatoms. The zero-order chi connectivity index (χ0) is 14.5. The van der Waals surface area contributed by atoms with Gasteiger partial charge in [-0.1, -0.05) is 27.2 Å². The maximum absolute atomic E-state index is 12.4. The van der Waals surface area contributed by atoms with Crippen molar-refractivity contribution < 1.29 is 8.42 Å². The van der Waals surface area contributed by atoms with Gasteiger partial charge in [0.05, 0.1) is 4.90 Å². The molecule has 1 rings (SSSR count). The Bertz CT molecular complexity index is 483. The molecule has 4 nitrogen and oxygen atoms in total. The van der Waals surface area contributed by atoms with E-state index in [2.05, 4.69) is 19.2 Å². The van der Waals surface area contributed by atoms with Crippen LogP contribution in [0.1, 0.15) is 32.1 Å². The van der Waals surface area contributed by atoms with Gasteiger partial charge in [-0.05, 0) is 18.5 Å². The van der Waals surface area contributed by atoms with Crippen LogP contribution in [-0.4, -0.2) is 32.9 Å². The summed E-state index contributed by atoms with van der Waals surface area (Å²) >= 11 is 1.49. The monoisotopic (exact) mass is 304 g/mol. The first kappa shape index (κ1) is 16.6. The summed E-state index contributed by atoms with van der Waals surface area (Å²) < 4.78 is 26.2. The van der Waals surface area contributed by atoms with Crippen molar-refractivity contribution in [2.45, 2.75) is 38.6 Å². The Balaban J connectivity index is 2.79. The average molecular weight is 304 g/mol. The van der Waals surface area contributed by atoms with Gasteiger partial charge in [0.2, 0.25) is 10.0 Å². The van der Waals surface area contributed by atoms with E-state index >= 15 is 0 Å². The van der Waals surface area contributed by atoms with Crippen LogP contribution in [0.3, 0.4) is 0 Å². The van der Waals surface area contributed by atoms with Crippen LogP contribution >= 0.6 is 11.3 Å². The van der Waals surface area contributed by atoms with Crippen molar-refractivity contribution in [3.8, 4) is 0 Å². The summed E-state index contributed by atoms with van der Waals surface area (Å²) in [6, 6.07) is 1.77. The fourth-order valence-corrected chi connectivity index (χ4v) is 4.21. The number of hydrogen-bond donors (Lipinski definition) is 1. The number of nitrogens with one attached hydrogen (secondary N) is 1. The average Bonchev–Trinajstić information content (AvgIpc) is 2.85. The van der Waals surface area contributed by atoms with Crippen molar-refractivity contribution >= 4 is 21.4 Å². The van der Waals surface area contributed by atoms with E-state index < -0.39 is 10.0 Å². The minimum atomic E-state index is -3.33. The predicted molar refractivity (Wildman–Crippen MR) is 81.0 cm³/mol. The van der Waals surface area contributed by atoms with Crippen LogP contribution in [0.4, 0.5) is 0 Å². The van der Waals surface area contributed by atoms with Crippen LogP contribution in [0.5, 0.6) is 0 Å². The normalized spacial score (nSPS) is 13.9. The molecule has 110 valence electrons. The molecule has 1 unspecified atom stereocenters. The van der Waals surface area contributed by atoms with Crippen molar-refractivity contribution in [2.75, 3.05) is 20.1 Å². The van der Waals surface area contributed by atoms with Gasteiger partial charge in [-0.2, -0.15) is 0 Å². The largest absolute Gasteiger partial charge is 0.312 e. The molecule has 1 heterocycles. The van der Waals surface area contributed by atoms with Crippen LogP contribution < -0.4 is 5.32 Å². The molecule has 0 bridgehead atoms. The molecule has 0 aliphatic rings. The van der Waals surface area contributed by atoms with Gasteiger partial charge in [0.1, 0.15) is 0 Å². The highest BCUT2D eigenvalue weighted by atomic mass is 32.2. The molecular formula is C13H24N2O2S2. The fourth-order valence-electron chi connectivity index (χ4n) is 1.68. The summed E-state index contributed by atoms with van der Waals surface area (Å²) in [5, 5.41) is 4.93. The summed E-state index contributed by atoms with van der Waals surface area (Å²) in [7, 11) is -1.68. The van der Waals surface area contributed by atoms with Crippen molar-refractivity contribution in [3.63, 3.8) is 0 Å². The molecule has 1 aromatic rings. The summed E-state index contributed by atoms with van der Waals surface area (Å²) in [5.41, 5.74) is 0. The minimum absolute atomic E-state index is 0.375. The van der Waals surface area contributed by atoms with E-state index in [4.69, 9.17) is 0 Å². The fraction of sp³-hybridized carbons (Fsp3) is 0.692. The van der Waals surface area contributed by atoms with Crippen molar-refractivity contribution in [3.05, 3.63) is 16.3 Å². The van der Waals surface area contributed by atoms with E-state index in [1.165, 1.54) is 15.6 Å². The molecule has 1 N–H and O–H groups in total. The lowest BCUT2D eigenvalue weighted by Gasteiger charge is -2.19. The number of thiophene rings is 1. The molecule has 0 fully saturated rings. The summed E-state index contributed by atoms with van der Waals surface area (Å²) in [4.78, 5) is 1.47. The number of nitrogens with zero attached hydrogens (tertiary/aromatic N) is 1. The van der Waals surface area contributed by atoms with Crippen molar-refractivity contribution in [2.24, 2.45) is 5.92 Å². The van der Waals surface area contributed by atoms with Crippen LogP contribution in [0.25, 0.3) is 0 Å². The highest BCUT2D eigenvalue weighted by Gasteiger charge is 2.23. The second-order valence-corrected chi connectivity index (χ2v) is 7.87. The molecule has 0 saturated heterocycles. The van der Waals surface area contributed by atoms with Crippen LogP contribution in [0.2, 0.25) is 0 Å². The van der Waals surface area contributed by atoms with Crippen LogP contribution in [0.15, 0.2) is 16.3 Å². The molecule has 1 atom stereocenters. The molecule has 1 aromatic heterocycles. The third-order valence-corrected chi connectivity index (χ3v) is 6.04. The molecule has 0 spiro atoms. The SMILES string of the molecule is CCNCc1cc(S(=O)(=O)N(C)CC(C)CC)cs1.